The van der Waals surface area contributed by atoms with Crippen molar-refractivity contribution < 1.29 is 71.8 Å². The van der Waals surface area contributed by atoms with Crippen molar-refractivity contribution in [1.29, 1.82) is 0 Å². The standard InChI is InChI=1S/C41H47NO15/c1-20-18-41(55-26(7)46)29(30(20)50-23(4)43)31(51-24(5)44)21(2)32(52-25(6)45)34(54-38(48)27-14-11-10-12-15-27)37(56-57-39(49)28-16-13-17-42-19-28)40(8,9)36-33(53-36)22(3)35(41)47/h10-17,19-20,22,29-34,36-37H,2,18H2,1,3-9H3/t20-,22-,29-,30+,31+,32+,33-,34-,36+,37-,41+/m1/s1. The minimum absolute atomic E-state index is 0.00519. The molecule has 0 N–H and O–H groups in total. The molecule has 2 saturated carbocycles. The van der Waals surface area contributed by atoms with Crippen molar-refractivity contribution in [2.45, 2.75) is 110 Å². The minimum atomic E-state index is -2.11. The summed E-state index contributed by atoms with van der Waals surface area (Å²) in [7, 11) is 0. The number of carbonyl (C=O) groups excluding carboxylic acids is 7. The molecule has 0 radical (unpaired) electrons. The summed E-state index contributed by atoms with van der Waals surface area (Å²) in [4.78, 5) is 109. The van der Waals surface area contributed by atoms with Crippen LogP contribution in [0.25, 0.3) is 0 Å². The SMILES string of the molecule is C=C1[C@H](OC(C)=O)[C@@H](OC(=O)c2ccccc2)[C@@H](OOC(=O)c2cccnc2)C(C)(C)[C@H]2O[C@@H]2[C@@H](C)C(=O)[C@]2(OC(C)=O)C[C@@H](C)[C@H](OC(C)=O)[C@@H]2[C@H]1OC(C)=O. The molecule has 1 saturated heterocycles. The molecule has 5 rings (SSSR count). The van der Waals surface area contributed by atoms with Crippen molar-refractivity contribution in [2.75, 3.05) is 0 Å². The molecule has 0 unspecified atom stereocenters. The summed E-state index contributed by atoms with van der Waals surface area (Å²) in [6.07, 6.45) is -7.40. The van der Waals surface area contributed by atoms with E-state index in [0.717, 1.165) is 27.7 Å². The zero-order valence-electron chi connectivity index (χ0n) is 33.0. The van der Waals surface area contributed by atoms with Gasteiger partial charge in [-0.1, -0.05) is 52.5 Å². The van der Waals surface area contributed by atoms with E-state index in [2.05, 4.69) is 11.6 Å². The van der Waals surface area contributed by atoms with Gasteiger partial charge in [-0.05, 0) is 30.2 Å². The Hall–Kier alpha value is -5.48. The third-order valence-electron chi connectivity index (χ3n) is 10.6. The number of ketones is 1. The predicted molar refractivity (Wildman–Crippen MR) is 194 cm³/mol. The summed E-state index contributed by atoms with van der Waals surface area (Å²) < 4.78 is 36.0. The molecular weight excluding hydrogens is 746 g/mol. The Morgan fingerprint density at radius 2 is 1.39 bits per heavy atom. The highest BCUT2D eigenvalue weighted by molar-refractivity contribution is 5.93. The normalized spacial score (nSPS) is 31.8. The summed E-state index contributed by atoms with van der Waals surface area (Å²) in [6.45, 7) is 15.1. The Balaban J connectivity index is 1.78. The molecule has 0 amide bonds. The van der Waals surface area contributed by atoms with Crippen LogP contribution in [0.1, 0.15) is 82.5 Å². The first-order chi connectivity index (χ1) is 26.8. The average Bonchev–Trinajstić information content (AvgIpc) is 3.92. The number of benzene rings is 1. The summed E-state index contributed by atoms with van der Waals surface area (Å²) >= 11 is 0. The molecule has 16 heteroatoms. The number of aromatic nitrogens is 1. The van der Waals surface area contributed by atoms with Gasteiger partial charge < -0.3 is 28.4 Å². The largest absolute Gasteiger partial charge is 0.462 e. The molecule has 2 aliphatic carbocycles. The first kappa shape index (κ1) is 42.7. The maximum atomic E-state index is 15.0. The van der Waals surface area contributed by atoms with Gasteiger partial charge in [0.05, 0.1) is 29.3 Å². The van der Waals surface area contributed by atoms with Crippen LogP contribution < -0.4 is 0 Å². The van der Waals surface area contributed by atoms with E-state index in [9.17, 15) is 28.8 Å². The molecule has 1 aromatic carbocycles. The van der Waals surface area contributed by atoms with Crippen LogP contribution in [0.2, 0.25) is 0 Å². The Morgan fingerprint density at radius 3 is 1.96 bits per heavy atom. The molecule has 2 heterocycles. The third-order valence-corrected chi connectivity index (χ3v) is 10.6. The number of Topliss-reactive ketones (excluding diaryl/α,β-unsaturated/α-hetero) is 1. The second-order valence-electron chi connectivity index (χ2n) is 15.3. The zero-order chi connectivity index (χ0) is 42.0. The van der Waals surface area contributed by atoms with Gasteiger partial charge in [-0.15, -0.1) is 0 Å². The second kappa shape index (κ2) is 16.9. The lowest BCUT2D eigenvalue weighted by Gasteiger charge is -2.44. The quantitative estimate of drug-likeness (QED) is 0.0874. The fourth-order valence-corrected chi connectivity index (χ4v) is 8.16. The number of hydrogen-bond acceptors (Lipinski definition) is 16. The maximum Gasteiger partial charge on any atom is 0.374 e. The molecule has 2 aromatic rings. The van der Waals surface area contributed by atoms with Crippen LogP contribution in [0.3, 0.4) is 0 Å². The van der Waals surface area contributed by atoms with E-state index in [4.69, 9.17) is 38.2 Å². The molecule has 306 valence electrons. The maximum absolute atomic E-state index is 15.0. The number of carbonyl (C=O) groups is 7. The topological polar surface area (TPSA) is 210 Å². The van der Waals surface area contributed by atoms with Gasteiger partial charge in [0.2, 0.25) is 0 Å². The number of fused-ring (bicyclic) bond motifs is 2. The number of pyridine rings is 1. The third kappa shape index (κ3) is 8.91. The van der Waals surface area contributed by atoms with E-state index in [1.54, 1.807) is 45.9 Å². The fraction of sp³-hybridized carbons (Fsp3) is 0.512. The fourth-order valence-electron chi connectivity index (χ4n) is 8.16. The van der Waals surface area contributed by atoms with Crippen LogP contribution in [-0.2, 0) is 62.2 Å². The number of ether oxygens (including phenoxy) is 6. The van der Waals surface area contributed by atoms with Crippen LogP contribution >= 0.6 is 0 Å². The van der Waals surface area contributed by atoms with Gasteiger partial charge in [0.15, 0.2) is 29.7 Å². The Labute approximate surface area is 329 Å². The number of nitrogens with zero attached hydrogens (tertiary/aromatic N) is 1. The molecule has 0 bridgehead atoms. The van der Waals surface area contributed by atoms with Crippen LogP contribution in [0.4, 0.5) is 0 Å². The zero-order valence-corrected chi connectivity index (χ0v) is 33.0. The molecule has 16 nitrogen and oxygen atoms in total. The number of rotatable bonds is 9. The lowest BCUT2D eigenvalue weighted by Crippen LogP contribution is -2.60. The molecular formula is C41H47NO15. The van der Waals surface area contributed by atoms with Gasteiger partial charge in [0, 0.05) is 63.4 Å². The van der Waals surface area contributed by atoms with Crippen LogP contribution in [-0.4, -0.2) is 94.9 Å². The molecule has 1 aliphatic heterocycles. The average molecular weight is 794 g/mol. The van der Waals surface area contributed by atoms with Gasteiger partial charge in [0.1, 0.15) is 12.2 Å². The molecule has 3 aliphatic rings. The van der Waals surface area contributed by atoms with Gasteiger partial charge in [-0.25, -0.2) is 9.59 Å². The van der Waals surface area contributed by atoms with Gasteiger partial charge in [-0.2, -0.15) is 4.89 Å². The van der Waals surface area contributed by atoms with E-state index < -0.39 is 113 Å². The number of esters is 5. The Kier molecular flexibility index (Phi) is 12.7. The molecule has 0 spiro atoms. The number of epoxide rings is 1. The van der Waals surface area contributed by atoms with Crippen molar-refractivity contribution >= 4 is 41.6 Å². The van der Waals surface area contributed by atoms with E-state index in [1.807, 2.05) is 0 Å². The summed E-state index contributed by atoms with van der Waals surface area (Å²) in [6, 6.07) is 10.7. The van der Waals surface area contributed by atoms with E-state index in [-0.39, 0.29) is 23.1 Å². The monoisotopic (exact) mass is 793 g/mol. The van der Waals surface area contributed by atoms with Crippen LogP contribution in [0.15, 0.2) is 67.0 Å². The molecule has 11 atom stereocenters. The Morgan fingerprint density at radius 1 is 0.772 bits per heavy atom. The minimum Gasteiger partial charge on any atom is -0.462 e. The van der Waals surface area contributed by atoms with Crippen molar-refractivity contribution in [3.63, 3.8) is 0 Å². The number of hydrogen-bond donors (Lipinski definition) is 0. The van der Waals surface area contributed by atoms with E-state index in [0.29, 0.717) is 0 Å². The van der Waals surface area contributed by atoms with E-state index in [1.165, 1.54) is 36.7 Å². The molecule has 57 heavy (non-hydrogen) atoms. The highest BCUT2D eigenvalue weighted by Gasteiger charge is 2.69. The summed E-state index contributed by atoms with van der Waals surface area (Å²) in [5, 5.41) is 0. The highest BCUT2D eigenvalue weighted by Crippen LogP contribution is 2.54. The smallest absolute Gasteiger partial charge is 0.374 e. The van der Waals surface area contributed by atoms with Crippen molar-refractivity contribution in [3.05, 3.63) is 78.1 Å². The van der Waals surface area contributed by atoms with Gasteiger partial charge in [-0.3, -0.25) is 33.8 Å². The second-order valence-corrected chi connectivity index (χ2v) is 15.3. The Bertz CT molecular complexity index is 1900. The molecule has 1 aromatic heterocycles. The van der Waals surface area contributed by atoms with Crippen molar-refractivity contribution in [2.24, 2.45) is 23.2 Å². The van der Waals surface area contributed by atoms with Crippen molar-refractivity contribution in [1.82, 2.24) is 4.98 Å². The lowest BCUT2D eigenvalue weighted by atomic mass is 9.70. The highest BCUT2D eigenvalue weighted by atomic mass is 17.2. The first-order valence-electron chi connectivity index (χ1n) is 18.4. The van der Waals surface area contributed by atoms with Crippen molar-refractivity contribution in [3.8, 4) is 0 Å². The summed E-state index contributed by atoms with van der Waals surface area (Å²) in [5.74, 6) is -9.18. The molecule has 3 fully saturated rings. The van der Waals surface area contributed by atoms with Gasteiger partial charge in [0.25, 0.3) is 0 Å². The first-order valence-corrected chi connectivity index (χ1v) is 18.4. The lowest BCUT2D eigenvalue weighted by molar-refractivity contribution is -0.321. The van der Waals surface area contributed by atoms with Gasteiger partial charge >= 0.3 is 35.8 Å². The van der Waals surface area contributed by atoms with Crippen LogP contribution in [0, 0.1) is 23.2 Å². The summed E-state index contributed by atoms with van der Waals surface area (Å²) in [5.41, 5.74) is -3.69. The predicted octanol–water partition coefficient (Wildman–Crippen LogP) is 4.09. The van der Waals surface area contributed by atoms with Crippen LogP contribution in [0.5, 0.6) is 0 Å². The van der Waals surface area contributed by atoms with E-state index >= 15 is 4.79 Å².